The van der Waals surface area contributed by atoms with Crippen LogP contribution in [0.5, 0.6) is 0 Å². The van der Waals surface area contributed by atoms with E-state index in [0.717, 1.165) is 114 Å². The quantitative estimate of drug-likeness (QED) is 0.00337. The molecular formula is C98H144B2Cl5N24O18P. The van der Waals surface area contributed by atoms with Gasteiger partial charge >= 0.3 is 12.3 Å². The fourth-order valence-corrected chi connectivity index (χ4v) is 20.8. The van der Waals surface area contributed by atoms with Crippen LogP contribution in [0, 0.1) is 40.5 Å². The van der Waals surface area contributed by atoms with Crippen LogP contribution in [-0.2, 0) is 23.8 Å². The lowest BCUT2D eigenvalue weighted by atomic mass is 9.93. The second kappa shape index (κ2) is 61.0. The largest absolute Gasteiger partial charge is 0.519 e. The number of rotatable bonds is 26. The number of halogens is 5. The Morgan fingerprint density at radius 1 is 0.439 bits per heavy atom. The first-order valence-corrected chi connectivity index (χ1v) is 51.7. The number of carbonyl (C=O) groups is 7. The number of piperazine rings is 4. The van der Waals surface area contributed by atoms with E-state index in [2.05, 4.69) is 119 Å². The molecule has 12 rings (SSSR count). The average Bonchev–Trinajstić information content (AvgIpc) is 0.754. The molecule has 0 atom stereocenters. The minimum absolute atomic E-state index is 0.0101. The van der Waals surface area contributed by atoms with E-state index in [1.807, 2.05) is 106 Å². The number of nitro benzene ring substituents is 4. The molecule has 5 heterocycles. The van der Waals surface area contributed by atoms with E-state index in [1.165, 1.54) is 77.3 Å². The molecule has 7 aromatic carbocycles. The van der Waals surface area contributed by atoms with E-state index in [4.69, 9.17) is 83.7 Å². The molecular weight excluding hydrogens is 2030 g/mol. The summed E-state index contributed by atoms with van der Waals surface area (Å²) in [4.78, 5) is 141. The molecule has 0 spiro atoms. The zero-order valence-electron chi connectivity index (χ0n) is 88.7. The number of amides is 2. The van der Waals surface area contributed by atoms with Crippen molar-refractivity contribution in [2.45, 2.75) is 120 Å². The molecule has 42 nitrogen and oxygen atoms in total. The number of benzene rings is 7. The average molecular weight is 2180 g/mol. The number of hydrogen-bond donors (Lipinski definition) is 6. The molecule has 0 unspecified atom stereocenters. The van der Waals surface area contributed by atoms with Gasteiger partial charge < -0.3 is 105 Å². The van der Waals surface area contributed by atoms with Gasteiger partial charge in [-0.05, 0) is 211 Å². The normalized spacial score (nSPS) is 14.8. The summed E-state index contributed by atoms with van der Waals surface area (Å²) in [6.45, 7) is 47.3. The number of carbonyl (C=O) groups excluding carboxylic acids is 7. The minimum atomic E-state index is -1.68. The van der Waals surface area contributed by atoms with Crippen LogP contribution in [-0.4, -0.2) is 328 Å². The Kier molecular flexibility index (Phi) is 52.3. The van der Waals surface area contributed by atoms with Crippen molar-refractivity contribution in [1.82, 2.24) is 39.2 Å². The number of nitrogens with one attached hydrogen (secondary N) is 4. The van der Waals surface area contributed by atoms with Crippen molar-refractivity contribution in [3.05, 3.63) is 199 Å². The van der Waals surface area contributed by atoms with Crippen LogP contribution in [0.1, 0.15) is 134 Å². The lowest BCUT2D eigenvalue weighted by Crippen LogP contribution is -2.48. The molecule has 0 saturated carbocycles. The molecule has 148 heavy (non-hydrogen) atoms. The van der Waals surface area contributed by atoms with Gasteiger partial charge in [0.2, 0.25) is 0 Å². The van der Waals surface area contributed by atoms with Gasteiger partial charge in [-0.1, -0.05) is 81.0 Å². The van der Waals surface area contributed by atoms with Crippen molar-refractivity contribution in [3.8, 4) is 0 Å². The maximum atomic E-state index is 12.7. The molecule has 0 bridgehead atoms. The highest BCUT2D eigenvalue weighted by Crippen LogP contribution is 2.61. The molecule has 0 aliphatic carbocycles. The third-order valence-electron chi connectivity index (χ3n) is 23.0. The van der Waals surface area contributed by atoms with Crippen LogP contribution in [0.15, 0.2) is 126 Å². The Hall–Kier alpha value is -11.5. The first-order valence-electron chi connectivity index (χ1n) is 48.2. The van der Waals surface area contributed by atoms with Gasteiger partial charge in [0.25, 0.3) is 54.6 Å². The Labute approximate surface area is 895 Å². The van der Waals surface area contributed by atoms with E-state index in [0.29, 0.717) is 101 Å². The van der Waals surface area contributed by atoms with E-state index in [1.54, 1.807) is 102 Å². The van der Waals surface area contributed by atoms with Crippen LogP contribution in [0.3, 0.4) is 0 Å². The highest BCUT2D eigenvalue weighted by atomic mass is 35.5. The maximum Gasteiger partial charge on any atom is 0.519 e. The summed E-state index contributed by atoms with van der Waals surface area (Å²) in [5, 5.41) is 57.1. The number of nitrogen functional groups attached to an aromatic ring is 2. The molecule has 5 aliphatic rings. The van der Waals surface area contributed by atoms with Crippen molar-refractivity contribution >= 4 is 207 Å². The Bertz CT molecular complexity index is 5560. The van der Waals surface area contributed by atoms with Gasteiger partial charge in [0, 0.05) is 231 Å². The summed E-state index contributed by atoms with van der Waals surface area (Å²) < 4.78 is 26.7. The van der Waals surface area contributed by atoms with Crippen molar-refractivity contribution in [3.63, 3.8) is 0 Å². The molecule has 5 fully saturated rings. The SMILES string of the molecule is CC(C)(C)OC(=O)OC(=O)OC(C)(C)C.CCN(CC)CC.CCN(CC)P1(=NC(C)(C)C)N(C)CCCN1C.CN(C)c1ccc(C(=O)Cl)cc1.CN(C)c1ccc(C(=O)Nc2cc(N3CCN([B]C=O)CC3)c(Cl)cc2[N+](=O)[O-])cc1.CN(C)c1ccc(C(=O)Nc2cc(N3CCNCC3)c(Cl)cc2[N+](=O)[O-])cc1.Nc1cc(N2CCN([B]C=O)CC2)c(Cl)cc1[N+](=O)[O-].Nc1cc(N2CCNCC2)c(Cl)cc1[N+](=O)[O-]. The topological polar surface area (TPSA) is 474 Å². The molecule has 5 aliphatic heterocycles. The second-order valence-corrected chi connectivity index (χ2v) is 42.9. The monoisotopic (exact) mass is 2170 g/mol. The molecule has 2 radical (unpaired) electrons. The summed E-state index contributed by atoms with van der Waals surface area (Å²) in [5.41, 5.74) is 16.5. The van der Waals surface area contributed by atoms with Gasteiger partial charge in [-0.3, -0.25) is 59.6 Å². The molecule has 0 aromatic heterocycles. The predicted octanol–water partition coefficient (Wildman–Crippen LogP) is 17.2. The van der Waals surface area contributed by atoms with Crippen LogP contribution in [0.25, 0.3) is 0 Å². The molecule has 810 valence electrons. The predicted molar refractivity (Wildman–Crippen MR) is 601 cm³/mol. The Balaban J connectivity index is 0.000000306. The summed E-state index contributed by atoms with van der Waals surface area (Å²) in [6, 6.07) is 32.4. The fraction of sp³-hybridized carbons (Fsp3) is 0.500. The minimum Gasteiger partial charge on any atom is -0.428 e. The first kappa shape index (κ1) is 127. The van der Waals surface area contributed by atoms with Crippen LogP contribution in [0.2, 0.25) is 20.1 Å². The Morgan fingerprint density at radius 3 is 0.973 bits per heavy atom. The van der Waals surface area contributed by atoms with Crippen molar-refractivity contribution in [1.29, 1.82) is 0 Å². The van der Waals surface area contributed by atoms with Crippen molar-refractivity contribution in [2.24, 2.45) is 4.74 Å². The van der Waals surface area contributed by atoms with Gasteiger partial charge in [0.1, 0.15) is 34.0 Å². The molecule has 8 N–H and O–H groups in total. The zero-order valence-corrected chi connectivity index (χ0v) is 93.4. The number of anilines is 11. The summed E-state index contributed by atoms with van der Waals surface area (Å²) in [5.74, 6) is -0.867. The lowest BCUT2D eigenvalue weighted by molar-refractivity contribution is -0.384. The third kappa shape index (κ3) is 40.8. The summed E-state index contributed by atoms with van der Waals surface area (Å²) in [6.07, 6.45) is 0.628. The van der Waals surface area contributed by atoms with Crippen LogP contribution < -0.4 is 67.0 Å². The van der Waals surface area contributed by atoms with Gasteiger partial charge in [-0.2, -0.15) is 0 Å². The fourth-order valence-electron chi connectivity index (χ4n) is 15.3. The number of nitro groups is 4. The highest BCUT2D eigenvalue weighted by Gasteiger charge is 2.40. The Morgan fingerprint density at radius 2 is 0.723 bits per heavy atom. The third-order valence-corrected chi connectivity index (χ3v) is 28.8. The second-order valence-electron chi connectivity index (χ2n) is 37.7. The molecule has 2 amide bonds. The standard InChI is InChI=1S/C20H22BClN5O4.C19H22ClN5O3.C13H31N4P.C11H13BClN4O3.C10H13ClN4O2.C10H18O5.C9H10ClNO.C6H15N/c1-24(2)15-5-3-14(4-6-15)20(29)23-17-12-18(16(22)11-19(17)27(30)31)25-7-9-26(10-8-25)21-13-28;1-23(2)14-5-3-13(4-6-14)19(26)22-16-12-17(24-9-7-21-8-10-24)15(20)11-18(16)25(27)28;1-8-17(9-2)18(14-13(3,4)5)15(6)11-10-12-16(18)7;13-8-5-11(17(19)20)9(14)6-10(8)15-1-3-16(4-2-15)12-7-18;11-7-5-10(15(16)17)8(12)6-9(7)14-3-1-13-2-4-14;1-9(2,3)14-7(11)13-8(12)15-10(4,5)6;1-11(2)8-5-3-7(4-6-8)9(10)12;1-4-7(5-2)6-3/h3-6,11-13H,7-10H2,1-2H3,(H,23,29);3-6,11-12,21H,7-10H2,1-2H3,(H,22,26);8-12H2,1-7H3;5-7H,1-4,14H2;5-6,13H,1-4,12H2;1-6H3;3-6H,1-2H3;4-6H2,1-3H3. The number of ether oxygens (including phenoxy) is 3. The summed E-state index contributed by atoms with van der Waals surface area (Å²) >= 11 is 30.1. The summed E-state index contributed by atoms with van der Waals surface area (Å²) in [7, 11) is 17.3. The number of nitrogens with two attached hydrogens (primary N) is 2. The van der Waals surface area contributed by atoms with E-state index >= 15 is 0 Å². The molecule has 7 aromatic rings. The highest BCUT2D eigenvalue weighted by molar-refractivity contribution is 7.59. The van der Waals surface area contributed by atoms with Crippen LogP contribution >= 0.6 is 65.5 Å². The van der Waals surface area contributed by atoms with Crippen molar-refractivity contribution in [2.75, 3.05) is 263 Å². The number of hydrogen-bond acceptors (Lipinski definition) is 33. The van der Waals surface area contributed by atoms with Gasteiger partial charge in [-0.25, -0.2) is 23.6 Å². The van der Waals surface area contributed by atoms with E-state index in [-0.39, 0.29) is 56.1 Å². The lowest BCUT2D eigenvalue weighted by Gasteiger charge is -2.50. The molecule has 50 heteroatoms. The van der Waals surface area contributed by atoms with Gasteiger partial charge in [0.15, 0.2) is 7.51 Å². The van der Waals surface area contributed by atoms with Gasteiger partial charge in [0.05, 0.1) is 80.4 Å². The van der Waals surface area contributed by atoms with Crippen LogP contribution in [0.4, 0.5) is 94.9 Å². The maximum absolute atomic E-state index is 12.7. The number of nitrogens with zero attached hydrogens (tertiary/aromatic N) is 18. The smallest absolute Gasteiger partial charge is 0.428 e. The van der Waals surface area contributed by atoms with E-state index < -0.39 is 67.8 Å². The van der Waals surface area contributed by atoms with Crippen molar-refractivity contribution < 1.29 is 67.5 Å². The van der Waals surface area contributed by atoms with Gasteiger partial charge in [-0.15, -0.1) is 0 Å². The zero-order chi connectivity index (χ0) is 111. The molecule has 5 saturated heterocycles. The first-order chi connectivity index (χ1) is 69.5. The van der Waals surface area contributed by atoms with E-state index in [9.17, 15) is 74.0 Å².